The van der Waals surface area contributed by atoms with Gasteiger partial charge in [-0.2, -0.15) is 0 Å². The van der Waals surface area contributed by atoms with Gasteiger partial charge in [-0.1, -0.05) is 24.0 Å². The molecule has 0 saturated heterocycles. The van der Waals surface area contributed by atoms with Gasteiger partial charge in [0, 0.05) is 11.6 Å². The van der Waals surface area contributed by atoms with Gasteiger partial charge in [-0.15, -0.1) is 0 Å². The van der Waals surface area contributed by atoms with Gasteiger partial charge >= 0.3 is 5.63 Å². The van der Waals surface area contributed by atoms with E-state index in [1.165, 1.54) is 13.2 Å². The first-order valence-corrected chi connectivity index (χ1v) is 8.06. The first-order valence-electron chi connectivity index (χ1n) is 8.06. The Morgan fingerprint density at radius 3 is 2.93 bits per heavy atom. The van der Waals surface area contributed by atoms with Gasteiger partial charge < -0.3 is 19.2 Å². The van der Waals surface area contributed by atoms with Crippen LogP contribution in [0.3, 0.4) is 0 Å². The van der Waals surface area contributed by atoms with Crippen molar-refractivity contribution in [1.82, 2.24) is 10.3 Å². The smallest absolute Gasteiger partial charge is 0.349 e. The number of hydrogen-bond acceptors (Lipinski definition) is 6. The second-order valence-corrected chi connectivity index (χ2v) is 5.34. The number of carbonyl (C=O) groups excluding carboxylic acids is 1. The van der Waals surface area contributed by atoms with Crippen molar-refractivity contribution in [3.63, 3.8) is 0 Å². The number of pyridine rings is 1. The number of carbonyl (C=O) groups is 1. The van der Waals surface area contributed by atoms with Crippen LogP contribution in [0.25, 0.3) is 11.0 Å². The fourth-order valence-corrected chi connectivity index (χ4v) is 2.32. The summed E-state index contributed by atoms with van der Waals surface area (Å²) in [6.07, 6.45) is 3.23. The van der Waals surface area contributed by atoms with Crippen LogP contribution in [0.1, 0.15) is 10.4 Å². The van der Waals surface area contributed by atoms with Gasteiger partial charge in [-0.05, 0) is 24.3 Å². The summed E-state index contributed by atoms with van der Waals surface area (Å²) in [6, 6.07) is 10.1. The van der Waals surface area contributed by atoms with Gasteiger partial charge in [0.05, 0.1) is 19.9 Å². The fraction of sp³-hybridized carbons (Fsp3) is 0.150. The normalized spacial score (nSPS) is 9.96. The lowest BCUT2D eigenvalue weighted by molar-refractivity contribution is 0.0955. The van der Waals surface area contributed by atoms with Crippen LogP contribution >= 0.6 is 0 Å². The Bertz CT molecular complexity index is 1060. The Morgan fingerprint density at radius 1 is 1.26 bits per heavy atom. The number of rotatable bonds is 5. The van der Waals surface area contributed by atoms with Crippen molar-refractivity contribution < 1.29 is 18.7 Å². The summed E-state index contributed by atoms with van der Waals surface area (Å²) in [5.74, 6) is 6.00. The molecule has 1 amide bonds. The summed E-state index contributed by atoms with van der Waals surface area (Å²) in [4.78, 5) is 28.2. The van der Waals surface area contributed by atoms with Crippen molar-refractivity contribution in [2.24, 2.45) is 0 Å². The first kappa shape index (κ1) is 18.0. The molecule has 0 aliphatic carbocycles. The molecule has 2 aromatic heterocycles. The van der Waals surface area contributed by atoms with Crippen molar-refractivity contribution in [1.29, 1.82) is 0 Å². The van der Waals surface area contributed by atoms with E-state index < -0.39 is 11.5 Å². The average Bonchev–Trinajstić information content (AvgIpc) is 2.70. The standard InChI is InChI=1S/C20H16N2O5/c1-25-17-8-4-6-14-12-16(20(24)27-18(14)17)19(23)22-10-2-3-11-26-15-7-5-9-21-13-15/h4-9,12-13H,10-11H2,1H3,(H,22,23). The first-order chi connectivity index (χ1) is 13.2. The molecule has 3 aromatic rings. The molecule has 0 bridgehead atoms. The van der Waals surface area contributed by atoms with E-state index >= 15 is 0 Å². The lowest BCUT2D eigenvalue weighted by Gasteiger charge is -2.05. The summed E-state index contributed by atoms with van der Waals surface area (Å²) in [7, 11) is 1.48. The van der Waals surface area contributed by atoms with E-state index in [0.717, 1.165) is 0 Å². The number of aromatic nitrogens is 1. The summed E-state index contributed by atoms with van der Waals surface area (Å²) in [6.45, 7) is 0.240. The van der Waals surface area contributed by atoms with Crippen molar-refractivity contribution in [2.45, 2.75) is 0 Å². The third kappa shape index (κ3) is 4.44. The van der Waals surface area contributed by atoms with Gasteiger partial charge in [0.2, 0.25) is 0 Å². The number of ether oxygens (including phenoxy) is 2. The van der Waals surface area contributed by atoms with E-state index in [1.807, 2.05) is 0 Å². The Labute approximate surface area is 154 Å². The molecule has 0 unspecified atom stereocenters. The van der Waals surface area contributed by atoms with Gasteiger partial charge in [-0.3, -0.25) is 9.78 Å². The molecule has 136 valence electrons. The second-order valence-electron chi connectivity index (χ2n) is 5.34. The topological polar surface area (TPSA) is 90.7 Å². The largest absolute Gasteiger partial charge is 0.493 e. The van der Waals surface area contributed by atoms with Gasteiger partial charge in [-0.25, -0.2) is 4.79 Å². The minimum Gasteiger partial charge on any atom is -0.493 e. The van der Waals surface area contributed by atoms with Crippen LogP contribution in [0.2, 0.25) is 0 Å². The molecule has 1 aromatic carbocycles. The maximum atomic E-state index is 12.2. The van der Waals surface area contributed by atoms with E-state index in [-0.39, 0.29) is 18.7 Å². The quantitative estimate of drug-likeness (QED) is 0.550. The molecule has 0 atom stereocenters. The molecule has 1 N–H and O–H groups in total. The summed E-state index contributed by atoms with van der Waals surface area (Å²) in [5.41, 5.74) is -0.532. The minimum atomic E-state index is -0.739. The van der Waals surface area contributed by atoms with Crippen molar-refractivity contribution in [3.05, 3.63) is 64.8 Å². The van der Waals surface area contributed by atoms with Crippen molar-refractivity contribution in [2.75, 3.05) is 20.3 Å². The Hall–Kier alpha value is -3.79. The third-order valence-corrected chi connectivity index (χ3v) is 3.60. The van der Waals surface area contributed by atoms with Crippen LogP contribution in [0.4, 0.5) is 0 Å². The van der Waals surface area contributed by atoms with E-state index in [4.69, 9.17) is 13.9 Å². The van der Waals surface area contributed by atoms with Crippen LogP contribution in [0.15, 0.2) is 58.0 Å². The number of fused-ring (bicyclic) bond motifs is 1. The molecule has 0 aliphatic rings. The molecule has 3 rings (SSSR count). The molecular formula is C20H16N2O5. The fourth-order valence-electron chi connectivity index (χ4n) is 2.32. The van der Waals surface area contributed by atoms with Crippen molar-refractivity contribution in [3.8, 4) is 23.3 Å². The molecular weight excluding hydrogens is 348 g/mol. The lowest BCUT2D eigenvalue weighted by atomic mass is 10.1. The van der Waals surface area contributed by atoms with Crippen molar-refractivity contribution >= 4 is 16.9 Å². The third-order valence-electron chi connectivity index (χ3n) is 3.60. The number of nitrogens with zero attached hydrogens (tertiary/aromatic N) is 1. The van der Waals surface area contributed by atoms with Gasteiger partial charge in [0.15, 0.2) is 11.3 Å². The monoisotopic (exact) mass is 364 g/mol. The Kier molecular flexibility index (Phi) is 5.70. The highest BCUT2D eigenvalue weighted by Gasteiger charge is 2.14. The number of amides is 1. The zero-order chi connectivity index (χ0) is 19.1. The molecule has 0 spiro atoms. The average molecular weight is 364 g/mol. The second kappa shape index (κ2) is 8.54. The number of para-hydroxylation sites is 1. The number of benzene rings is 1. The molecule has 2 heterocycles. The van der Waals surface area contributed by atoms with E-state index in [9.17, 15) is 9.59 Å². The van der Waals surface area contributed by atoms with Gasteiger partial charge in [0.25, 0.3) is 5.91 Å². The summed E-state index contributed by atoms with van der Waals surface area (Å²) >= 11 is 0. The SMILES string of the molecule is COc1cccc2cc(C(=O)NCC#CCOc3cccnc3)c(=O)oc12. The number of hydrogen-bond donors (Lipinski definition) is 1. The lowest BCUT2D eigenvalue weighted by Crippen LogP contribution is -2.28. The highest BCUT2D eigenvalue weighted by molar-refractivity contribution is 5.97. The Morgan fingerprint density at radius 2 is 2.15 bits per heavy atom. The molecule has 0 saturated carbocycles. The highest BCUT2D eigenvalue weighted by atomic mass is 16.5. The predicted octanol–water partition coefficient (Wildman–Crippen LogP) is 2.01. The van der Waals surface area contributed by atoms with E-state index in [0.29, 0.717) is 22.5 Å². The predicted molar refractivity (Wildman–Crippen MR) is 98.9 cm³/mol. The molecule has 7 nitrogen and oxygen atoms in total. The minimum absolute atomic E-state index is 0.0742. The maximum Gasteiger partial charge on any atom is 0.349 e. The van der Waals surface area contributed by atoms with E-state index in [2.05, 4.69) is 22.1 Å². The van der Waals surface area contributed by atoms with Crippen LogP contribution in [0, 0.1) is 11.8 Å². The number of methoxy groups -OCH3 is 1. The molecule has 0 radical (unpaired) electrons. The molecule has 0 aliphatic heterocycles. The van der Waals surface area contributed by atoms with Crippen LogP contribution in [0.5, 0.6) is 11.5 Å². The summed E-state index contributed by atoms with van der Waals surface area (Å²) < 4.78 is 15.7. The Balaban J connectivity index is 1.61. The molecule has 27 heavy (non-hydrogen) atoms. The summed E-state index contributed by atoms with van der Waals surface area (Å²) in [5, 5.41) is 3.15. The van der Waals surface area contributed by atoms with Gasteiger partial charge in [0.1, 0.15) is 17.9 Å². The van der Waals surface area contributed by atoms with Crippen LogP contribution in [-0.2, 0) is 0 Å². The maximum absolute atomic E-state index is 12.2. The van der Waals surface area contributed by atoms with Crippen LogP contribution in [-0.4, -0.2) is 31.2 Å². The zero-order valence-corrected chi connectivity index (χ0v) is 14.5. The zero-order valence-electron chi connectivity index (χ0n) is 14.5. The highest BCUT2D eigenvalue weighted by Crippen LogP contribution is 2.24. The number of nitrogens with one attached hydrogen (secondary N) is 1. The molecule has 7 heteroatoms. The van der Waals surface area contributed by atoms with E-state index in [1.54, 1.807) is 42.7 Å². The van der Waals surface area contributed by atoms with Crippen LogP contribution < -0.4 is 20.4 Å². The molecule has 0 fully saturated rings.